The van der Waals surface area contributed by atoms with Gasteiger partial charge in [-0.1, -0.05) is 23.5 Å². The van der Waals surface area contributed by atoms with Gasteiger partial charge in [0.2, 0.25) is 0 Å². The van der Waals surface area contributed by atoms with E-state index in [2.05, 4.69) is 53.4 Å². The molecule has 0 aliphatic heterocycles. The lowest BCUT2D eigenvalue weighted by molar-refractivity contribution is 1.02. The van der Waals surface area contributed by atoms with Gasteiger partial charge in [0.25, 0.3) is 0 Å². The Hall–Kier alpha value is -1.94. The van der Waals surface area contributed by atoms with Gasteiger partial charge in [-0.3, -0.25) is 4.98 Å². The second kappa shape index (κ2) is 4.97. The average molecular weight is 269 g/mol. The molecule has 1 N–H and O–H groups in total. The smallest absolute Gasteiger partial charge is 0.184 e. The van der Waals surface area contributed by atoms with Crippen LogP contribution >= 0.6 is 11.3 Å². The predicted octanol–water partition coefficient (Wildman–Crippen LogP) is 3.92. The molecule has 0 saturated heterocycles. The quantitative estimate of drug-likeness (QED) is 0.783. The van der Waals surface area contributed by atoms with E-state index in [0.29, 0.717) is 6.54 Å². The molecule has 0 aliphatic carbocycles. The molecule has 0 bridgehead atoms. The summed E-state index contributed by atoms with van der Waals surface area (Å²) < 4.78 is 1.21. The fourth-order valence-corrected chi connectivity index (χ4v) is 2.82. The highest BCUT2D eigenvalue weighted by Gasteiger charge is 2.04. The SMILES string of the molecule is Cc1ccc2sc(NCc3ncccc3C)nc2c1. The number of aryl methyl sites for hydroxylation is 2. The van der Waals surface area contributed by atoms with Crippen LogP contribution in [0, 0.1) is 13.8 Å². The van der Waals surface area contributed by atoms with Gasteiger partial charge in [0.05, 0.1) is 22.5 Å². The van der Waals surface area contributed by atoms with Gasteiger partial charge in [-0.05, 0) is 43.2 Å². The van der Waals surface area contributed by atoms with Crippen LogP contribution in [0.1, 0.15) is 16.8 Å². The monoisotopic (exact) mass is 269 g/mol. The molecule has 4 heteroatoms. The Balaban J connectivity index is 1.80. The van der Waals surface area contributed by atoms with E-state index in [1.165, 1.54) is 15.8 Å². The molecule has 3 aromatic rings. The number of nitrogens with zero attached hydrogens (tertiary/aromatic N) is 2. The zero-order chi connectivity index (χ0) is 13.2. The van der Waals surface area contributed by atoms with E-state index in [4.69, 9.17) is 0 Å². The first kappa shape index (κ1) is 12.1. The zero-order valence-corrected chi connectivity index (χ0v) is 11.8. The van der Waals surface area contributed by atoms with Crippen molar-refractivity contribution >= 4 is 26.7 Å². The van der Waals surface area contributed by atoms with Gasteiger partial charge < -0.3 is 5.32 Å². The van der Waals surface area contributed by atoms with Crippen LogP contribution < -0.4 is 5.32 Å². The normalized spacial score (nSPS) is 10.8. The lowest BCUT2D eigenvalue weighted by atomic mass is 10.2. The molecular formula is C15H15N3S. The van der Waals surface area contributed by atoms with E-state index in [0.717, 1.165) is 16.3 Å². The van der Waals surface area contributed by atoms with E-state index in [1.54, 1.807) is 11.3 Å². The van der Waals surface area contributed by atoms with Gasteiger partial charge in [0.15, 0.2) is 5.13 Å². The number of hydrogen-bond acceptors (Lipinski definition) is 4. The van der Waals surface area contributed by atoms with Crippen molar-refractivity contribution in [2.24, 2.45) is 0 Å². The number of anilines is 1. The summed E-state index contributed by atoms with van der Waals surface area (Å²) in [6, 6.07) is 10.4. The molecule has 3 rings (SSSR count). The van der Waals surface area contributed by atoms with Gasteiger partial charge in [-0.2, -0.15) is 0 Å². The summed E-state index contributed by atoms with van der Waals surface area (Å²) in [5, 5.41) is 4.31. The second-order valence-electron chi connectivity index (χ2n) is 4.61. The van der Waals surface area contributed by atoms with E-state index in [-0.39, 0.29) is 0 Å². The summed E-state index contributed by atoms with van der Waals surface area (Å²) in [4.78, 5) is 8.97. The third kappa shape index (κ3) is 2.58. The first-order valence-electron chi connectivity index (χ1n) is 6.24. The van der Waals surface area contributed by atoms with Gasteiger partial charge in [0, 0.05) is 6.20 Å². The molecule has 0 fully saturated rings. The molecule has 1 aromatic carbocycles. The summed E-state index contributed by atoms with van der Waals surface area (Å²) >= 11 is 1.68. The number of nitrogens with one attached hydrogen (secondary N) is 1. The lowest BCUT2D eigenvalue weighted by Crippen LogP contribution is -2.02. The standard InChI is InChI=1S/C15H15N3S/c1-10-5-6-14-12(8-10)18-15(19-14)17-9-13-11(2)4-3-7-16-13/h3-8H,9H2,1-2H3,(H,17,18). The van der Waals surface area contributed by atoms with Crippen LogP contribution in [0.15, 0.2) is 36.5 Å². The van der Waals surface area contributed by atoms with Crippen molar-refractivity contribution in [3.8, 4) is 0 Å². The summed E-state index contributed by atoms with van der Waals surface area (Å²) in [6.45, 7) is 4.88. The molecule has 19 heavy (non-hydrogen) atoms. The third-order valence-electron chi connectivity index (χ3n) is 3.07. The molecule has 2 heterocycles. The zero-order valence-electron chi connectivity index (χ0n) is 11.0. The molecule has 0 radical (unpaired) electrons. The highest BCUT2D eigenvalue weighted by molar-refractivity contribution is 7.22. The minimum Gasteiger partial charge on any atom is -0.356 e. The number of pyridine rings is 1. The maximum Gasteiger partial charge on any atom is 0.184 e. The minimum absolute atomic E-state index is 0.714. The maximum absolute atomic E-state index is 4.60. The highest BCUT2D eigenvalue weighted by Crippen LogP contribution is 2.26. The number of hydrogen-bond donors (Lipinski definition) is 1. The van der Waals surface area contributed by atoms with Crippen molar-refractivity contribution in [1.82, 2.24) is 9.97 Å². The number of benzene rings is 1. The second-order valence-corrected chi connectivity index (χ2v) is 5.64. The molecule has 3 nitrogen and oxygen atoms in total. The van der Waals surface area contributed by atoms with E-state index < -0.39 is 0 Å². The van der Waals surface area contributed by atoms with Crippen molar-refractivity contribution in [2.75, 3.05) is 5.32 Å². The Kier molecular flexibility index (Phi) is 3.17. The predicted molar refractivity (Wildman–Crippen MR) is 80.7 cm³/mol. The first-order valence-corrected chi connectivity index (χ1v) is 7.05. The Morgan fingerprint density at radius 1 is 1.21 bits per heavy atom. The van der Waals surface area contributed by atoms with Crippen LogP contribution in [0.5, 0.6) is 0 Å². The fourth-order valence-electron chi connectivity index (χ4n) is 1.98. The Morgan fingerprint density at radius 2 is 2.11 bits per heavy atom. The first-order chi connectivity index (χ1) is 9.22. The molecule has 0 amide bonds. The fraction of sp³-hybridized carbons (Fsp3) is 0.200. The van der Waals surface area contributed by atoms with Crippen LogP contribution in [0.2, 0.25) is 0 Å². The summed E-state index contributed by atoms with van der Waals surface area (Å²) in [5.74, 6) is 0. The minimum atomic E-state index is 0.714. The Labute approximate surface area is 116 Å². The van der Waals surface area contributed by atoms with Crippen LogP contribution in [-0.4, -0.2) is 9.97 Å². The number of thiazole rings is 1. The molecule has 2 aromatic heterocycles. The molecule has 0 aliphatic rings. The average Bonchev–Trinajstić information content (AvgIpc) is 2.79. The Morgan fingerprint density at radius 3 is 2.95 bits per heavy atom. The topological polar surface area (TPSA) is 37.8 Å². The van der Waals surface area contributed by atoms with E-state index >= 15 is 0 Å². The summed E-state index contributed by atoms with van der Waals surface area (Å²) in [6.07, 6.45) is 1.83. The van der Waals surface area contributed by atoms with E-state index in [1.807, 2.05) is 12.3 Å². The molecule has 0 spiro atoms. The third-order valence-corrected chi connectivity index (χ3v) is 4.06. The molecule has 0 saturated carbocycles. The Bertz CT molecular complexity index is 718. The molecule has 0 atom stereocenters. The largest absolute Gasteiger partial charge is 0.356 e. The van der Waals surface area contributed by atoms with Crippen LogP contribution in [0.3, 0.4) is 0 Å². The van der Waals surface area contributed by atoms with Gasteiger partial charge in [0.1, 0.15) is 0 Å². The summed E-state index contributed by atoms with van der Waals surface area (Å²) in [7, 11) is 0. The van der Waals surface area contributed by atoms with Crippen molar-refractivity contribution < 1.29 is 0 Å². The van der Waals surface area contributed by atoms with Crippen LogP contribution in [0.4, 0.5) is 5.13 Å². The lowest BCUT2D eigenvalue weighted by Gasteiger charge is -2.04. The maximum atomic E-state index is 4.60. The van der Waals surface area contributed by atoms with Crippen LogP contribution in [-0.2, 0) is 6.54 Å². The van der Waals surface area contributed by atoms with Crippen molar-refractivity contribution in [1.29, 1.82) is 0 Å². The van der Waals surface area contributed by atoms with Crippen molar-refractivity contribution in [2.45, 2.75) is 20.4 Å². The van der Waals surface area contributed by atoms with Crippen molar-refractivity contribution in [3.63, 3.8) is 0 Å². The van der Waals surface area contributed by atoms with Gasteiger partial charge in [-0.25, -0.2) is 4.98 Å². The summed E-state index contributed by atoms with van der Waals surface area (Å²) in [5.41, 5.74) is 4.57. The molecule has 0 unspecified atom stereocenters. The van der Waals surface area contributed by atoms with Crippen molar-refractivity contribution in [3.05, 3.63) is 53.3 Å². The van der Waals surface area contributed by atoms with Gasteiger partial charge in [-0.15, -0.1) is 0 Å². The molecular weight excluding hydrogens is 254 g/mol. The number of fused-ring (bicyclic) bond motifs is 1. The number of aromatic nitrogens is 2. The number of rotatable bonds is 3. The van der Waals surface area contributed by atoms with E-state index in [9.17, 15) is 0 Å². The highest BCUT2D eigenvalue weighted by atomic mass is 32.1. The van der Waals surface area contributed by atoms with Crippen LogP contribution in [0.25, 0.3) is 10.2 Å². The molecule has 96 valence electrons. The van der Waals surface area contributed by atoms with Gasteiger partial charge >= 0.3 is 0 Å².